The van der Waals surface area contributed by atoms with Crippen LogP contribution in [-0.4, -0.2) is 47.9 Å². The fraction of sp³-hybridized carbons (Fsp3) is 0.762. The summed E-state index contributed by atoms with van der Waals surface area (Å²) in [6.07, 6.45) is 8.82. The third-order valence-electron chi connectivity index (χ3n) is 7.19. The summed E-state index contributed by atoms with van der Waals surface area (Å²) in [6.45, 7) is 4.67. The standard InChI is InChI=1S/C21H30N2OS/c24-21(16-3-1-2-4-16)23-13-18(17-8-10-25-14-17)19-12-22(9-7-20(19)23)11-15-5-6-15/h8,10,14-16,18-20H,1-7,9,11-13H2/t18-,19-,20-/m0/s1. The van der Waals surface area contributed by atoms with E-state index < -0.39 is 0 Å². The third kappa shape index (κ3) is 3.16. The van der Waals surface area contributed by atoms with Crippen LogP contribution in [-0.2, 0) is 4.79 Å². The molecule has 3 nitrogen and oxygen atoms in total. The van der Waals surface area contributed by atoms with Gasteiger partial charge in [-0.25, -0.2) is 0 Å². The summed E-state index contributed by atoms with van der Waals surface area (Å²) >= 11 is 1.81. The van der Waals surface area contributed by atoms with E-state index in [0.717, 1.165) is 25.3 Å². The Bertz CT molecular complexity index is 605. The van der Waals surface area contributed by atoms with Crippen LogP contribution in [0.3, 0.4) is 0 Å². The van der Waals surface area contributed by atoms with E-state index in [-0.39, 0.29) is 0 Å². The molecule has 0 radical (unpaired) electrons. The molecule has 0 spiro atoms. The number of hydrogen-bond acceptors (Lipinski definition) is 3. The largest absolute Gasteiger partial charge is 0.338 e. The predicted molar refractivity (Wildman–Crippen MR) is 102 cm³/mol. The first-order valence-corrected chi connectivity index (χ1v) is 11.3. The van der Waals surface area contributed by atoms with Gasteiger partial charge in [-0.15, -0.1) is 0 Å². The lowest BCUT2D eigenvalue weighted by molar-refractivity contribution is -0.137. The highest BCUT2D eigenvalue weighted by Crippen LogP contribution is 2.44. The highest BCUT2D eigenvalue weighted by atomic mass is 32.1. The average Bonchev–Trinajstić information content (AvgIpc) is 3.08. The van der Waals surface area contributed by atoms with Crippen molar-refractivity contribution in [2.24, 2.45) is 17.8 Å². The summed E-state index contributed by atoms with van der Waals surface area (Å²) in [6, 6.07) is 2.80. The van der Waals surface area contributed by atoms with Crippen LogP contribution in [0.4, 0.5) is 0 Å². The van der Waals surface area contributed by atoms with Crippen molar-refractivity contribution < 1.29 is 4.79 Å². The Hall–Kier alpha value is -0.870. The quantitative estimate of drug-likeness (QED) is 0.813. The number of thiophene rings is 1. The van der Waals surface area contributed by atoms with Crippen molar-refractivity contribution in [2.75, 3.05) is 26.2 Å². The maximum atomic E-state index is 13.2. The Balaban J connectivity index is 1.36. The molecule has 2 aliphatic heterocycles. The lowest BCUT2D eigenvalue weighted by Gasteiger charge is -2.39. The van der Waals surface area contributed by atoms with Gasteiger partial charge in [0.1, 0.15) is 0 Å². The number of hydrogen-bond donors (Lipinski definition) is 0. The number of fused-ring (bicyclic) bond motifs is 1. The minimum Gasteiger partial charge on any atom is -0.338 e. The molecule has 4 heteroatoms. The van der Waals surface area contributed by atoms with Crippen LogP contribution < -0.4 is 0 Å². The molecular weight excluding hydrogens is 328 g/mol. The van der Waals surface area contributed by atoms with Gasteiger partial charge < -0.3 is 9.80 Å². The number of rotatable bonds is 4. The molecule has 4 fully saturated rings. The molecule has 2 aliphatic carbocycles. The maximum Gasteiger partial charge on any atom is 0.225 e. The fourth-order valence-electron chi connectivity index (χ4n) is 5.64. The number of nitrogens with zero attached hydrogens (tertiary/aromatic N) is 2. The van der Waals surface area contributed by atoms with Crippen molar-refractivity contribution in [3.63, 3.8) is 0 Å². The molecule has 0 bridgehead atoms. The summed E-state index contributed by atoms with van der Waals surface area (Å²) in [5.41, 5.74) is 1.48. The van der Waals surface area contributed by atoms with Gasteiger partial charge in [0.05, 0.1) is 0 Å². The lowest BCUT2D eigenvalue weighted by Crippen LogP contribution is -2.49. The zero-order valence-electron chi connectivity index (χ0n) is 15.1. The first kappa shape index (κ1) is 16.3. The first-order valence-electron chi connectivity index (χ1n) is 10.3. The molecule has 1 aromatic heterocycles. The molecule has 2 saturated carbocycles. The first-order chi connectivity index (χ1) is 12.3. The second kappa shape index (κ2) is 6.70. The minimum atomic E-state index is 0.325. The highest BCUT2D eigenvalue weighted by Gasteiger charge is 2.48. The van der Waals surface area contributed by atoms with Gasteiger partial charge >= 0.3 is 0 Å². The van der Waals surface area contributed by atoms with Crippen LogP contribution in [0.25, 0.3) is 0 Å². The second-order valence-electron chi connectivity index (χ2n) is 8.86. The minimum absolute atomic E-state index is 0.325. The van der Waals surface area contributed by atoms with Crippen molar-refractivity contribution in [3.05, 3.63) is 22.4 Å². The van der Waals surface area contributed by atoms with E-state index in [1.165, 1.54) is 57.3 Å². The van der Waals surface area contributed by atoms with Crippen LogP contribution in [0.2, 0.25) is 0 Å². The van der Waals surface area contributed by atoms with Gasteiger partial charge in [0.2, 0.25) is 5.91 Å². The monoisotopic (exact) mass is 358 g/mol. The van der Waals surface area contributed by atoms with Crippen molar-refractivity contribution in [1.82, 2.24) is 9.80 Å². The molecule has 25 heavy (non-hydrogen) atoms. The third-order valence-corrected chi connectivity index (χ3v) is 7.89. The van der Waals surface area contributed by atoms with E-state index in [1.54, 1.807) is 11.3 Å². The fourth-order valence-corrected chi connectivity index (χ4v) is 6.36. The number of carbonyl (C=O) groups excluding carboxylic acids is 1. The molecule has 3 heterocycles. The topological polar surface area (TPSA) is 23.6 Å². The summed E-state index contributed by atoms with van der Waals surface area (Å²) in [7, 11) is 0. The van der Waals surface area contributed by atoms with Crippen molar-refractivity contribution in [2.45, 2.75) is 56.9 Å². The summed E-state index contributed by atoms with van der Waals surface area (Å²) in [4.78, 5) is 18.2. The van der Waals surface area contributed by atoms with Crippen LogP contribution in [0.1, 0.15) is 56.4 Å². The van der Waals surface area contributed by atoms with Gasteiger partial charge in [-0.05, 0) is 60.4 Å². The van der Waals surface area contributed by atoms with Crippen LogP contribution in [0, 0.1) is 17.8 Å². The second-order valence-corrected chi connectivity index (χ2v) is 9.64. The number of likely N-dealkylation sites (tertiary alicyclic amines) is 2. The smallest absolute Gasteiger partial charge is 0.225 e. The Morgan fingerprint density at radius 2 is 1.96 bits per heavy atom. The molecular formula is C21H30N2OS. The summed E-state index contributed by atoms with van der Waals surface area (Å²) in [5.74, 6) is 2.98. The molecule has 5 rings (SSSR count). The lowest BCUT2D eigenvalue weighted by atomic mass is 9.82. The van der Waals surface area contributed by atoms with Gasteiger partial charge in [-0.2, -0.15) is 11.3 Å². The van der Waals surface area contributed by atoms with Gasteiger partial charge in [-0.3, -0.25) is 4.79 Å². The maximum absolute atomic E-state index is 13.2. The van der Waals surface area contributed by atoms with Gasteiger partial charge in [0, 0.05) is 50.0 Å². The zero-order chi connectivity index (χ0) is 16.8. The zero-order valence-corrected chi connectivity index (χ0v) is 15.9. The Labute approximate surface area is 155 Å². The number of piperidine rings is 1. The van der Waals surface area contributed by atoms with Crippen LogP contribution >= 0.6 is 11.3 Å². The van der Waals surface area contributed by atoms with Crippen molar-refractivity contribution >= 4 is 17.2 Å². The number of carbonyl (C=O) groups is 1. The van der Waals surface area contributed by atoms with E-state index in [9.17, 15) is 4.79 Å². The SMILES string of the molecule is O=C(C1CCCC1)N1C[C@@H](c2ccsc2)[C@@H]2CN(CC3CC3)CC[C@@H]21. The molecule has 0 unspecified atom stereocenters. The van der Waals surface area contributed by atoms with Crippen LogP contribution in [0.5, 0.6) is 0 Å². The molecule has 1 amide bonds. The molecule has 3 atom stereocenters. The van der Waals surface area contributed by atoms with Crippen molar-refractivity contribution in [1.29, 1.82) is 0 Å². The average molecular weight is 359 g/mol. The molecule has 0 N–H and O–H groups in total. The Morgan fingerprint density at radius 1 is 1.12 bits per heavy atom. The Morgan fingerprint density at radius 3 is 2.68 bits per heavy atom. The normalized spacial score (nSPS) is 33.8. The predicted octanol–water partition coefficient (Wildman–Crippen LogP) is 3.96. The summed E-state index contributed by atoms with van der Waals surface area (Å²) in [5, 5.41) is 4.53. The highest BCUT2D eigenvalue weighted by molar-refractivity contribution is 7.08. The molecule has 0 aromatic carbocycles. The van der Waals surface area contributed by atoms with E-state index >= 15 is 0 Å². The summed E-state index contributed by atoms with van der Waals surface area (Å²) < 4.78 is 0. The van der Waals surface area contributed by atoms with Gasteiger partial charge in [0.15, 0.2) is 0 Å². The van der Waals surface area contributed by atoms with E-state index in [1.807, 2.05) is 0 Å². The van der Waals surface area contributed by atoms with Gasteiger partial charge in [0.25, 0.3) is 0 Å². The van der Waals surface area contributed by atoms with E-state index in [4.69, 9.17) is 0 Å². The Kier molecular flexibility index (Phi) is 4.37. The van der Waals surface area contributed by atoms with Gasteiger partial charge in [-0.1, -0.05) is 12.8 Å². The van der Waals surface area contributed by atoms with E-state index in [0.29, 0.717) is 29.7 Å². The molecule has 4 aliphatic rings. The molecule has 2 saturated heterocycles. The van der Waals surface area contributed by atoms with E-state index in [2.05, 4.69) is 26.6 Å². The van der Waals surface area contributed by atoms with Crippen LogP contribution in [0.15, 0.2) is 16.8 Å². The molecule has 136 valence electrons. The molecule has 1 aromatic rings. The number of amides is 1. The van der Waals surface area contributed by atoms with Crippen molar-refractivity contribution in [3.8, 4) is 0 Å².